The van der Waals surface area contributed by atoms with Crippen LogP contribution < -0.4 is 10.1 Å². The fourth-order valence-corrected chi connectivity index (χ4v) is 2.46. The number of rotatable bonds is 7. The number of ether oxygens (including phenoxy) is 1. The summed E-state index contributed by atoms with van der Waals surface area (Å²) < 4.78 is 5.85. The third-order valence-corrected chi connectivity index (χ3v) is 3.98. The Labute approximate surface area is 131 Å². The quantitative estimate of drug-likeness (QED) is 0.827. The molecule has 2 aromatic carbocycles. The lowest BCUT2D eigenvalue weighted by molar-refractivity contribution is 0.305. The van der Waals surface area contributed by atoms with E-state index in [0.717, 1.165) is 29.8 Å². The molecule has 0 atom stereocenters. The Morgan fingerprint density at radius 1 is 1.00 bits per heavy atom. The van der Waals surface area contributed by atoms with Gasteiger partial charge in [0.2, 0.25) is 0 Å². The predicted molar refractivity (Wildman–Crippen MR) is 87.0 cm³/mol. The normalized spacial score (nSPS) is 14.1. The van der Waals surface area contributed by atoms with Crippen LogP contribution in [0.2, 0.25) is 5.02 Å². The first-order chi connectivity index (χ1) is 10.3. The highest BCUT2D eigenvalue weighted by molar-refractivity contribution is 6.30. The molecule has 1 aliphatic rings. The molecule has 110 valence electrons. The van der Waals surface area contributed by atoms with Gasteiger partial charge in [0, 0.05) is 11.1 Å². The lowest BCUT2D eigenvalue weighted by Crippen LogP contribution is -2.19. The molecule has 1 saturated carbocycles. The minimum atomic E-state index is 0.598. The zero-order chi connectivity index (χ0) is 14.5. The van der Waals surface area contributed by atoms with Gasteiger partial charge < -0.3 is 10.1 Å². The van der Waals surface area contributed by atoms with Gasteiger partial charge in [0.05, 0.1) is 0 Å². The fraction of sp³-hybridized carbons (Fsp3) is 0.333. The largest absolute Gasteiger partial charge is 0.489 e. The van der Waals surface area contributed by atoms with Gasteiger partial charge in [0.25, 0.3) is 0 Å². The molecule has 0 heterocycles. The molecule has 21 heavy (non-hydrogen) atoms. The number of nitrogens with one attached hydrogen (secondary N) is 1. The second-order valence-electron chi connectivity index (χ2n) is 5.49. The van der Waals surface area contributed by atoms with E-state index in [-0.39, 0.29) is 0 Å². The second kappa shape index (κ2) is 6.97. The first kappa shape index (κ1) is 14.4. The summed E-state index contributed by atoms with van der Waals surface area (Å²) in [6.07, 6.45) is 3.72. The molecule has 0 bridgehead atoms. The zero-order valence-corrected chi connectivity index (χ0v) is 12.8. The molecular formula is C18H20ClNO. The summed E-state index contributed by atoms with van der Waals surface area (Å²) in [4.78, 5) is 0. The van der Waals surface area contributed by atoms with Crippen LogP contribution in [0.5, 0.6) is 5.75 Å². The van der Waals surface area contributed by atoms with Crippen molar-refractivity contribution in [2.45, 2.75) is 31.9 Å². The van der Waals surface area contributed by atoms with Crippen molar-refractivity contribution in [2.24, 2.45) is 0 Å². The van der Waals surface area contributed by atoms with Gasteiger partial charge in [-0.05, 0) is 61.2 Å². The minimum absolute atomic E-state index is 0.598. The lowest BCUT2D eigenvalue weighted by Gasteiger charge is -2.11. The van der Waals surface area contributed by atoms with Gasteiger partial charge >= 0.3 is 0 Å². The van der Waals surface area contributed by atoms with Crippen LogP contribution in [0.15, 0.2) is 48.5 Å². The molecule has 0 aromatic heterocycles. The van der Waals surface area contributed by atoms with Gasteiger partial charge in [-0.1, -0.05) is 35.9 Å². The standard InChI is InChI=1S/C18H20ClNO/c19-16-5-9-18(10-6-16)21-13-15-4-2-1-3-14(15)11-12-20-17-7-8-17/h1-6,9-10,17,20H,7-8,11-13H2. The Kier molecular flexibility index (Phi) is 4.79. The summed E-state index contributed by atoms with van der Waals surface area (Å²) in [5, 5.41) is 4.29. The maximum atomic E-state index is 5.88. The summed E-state index contributed by atoms with van der Waals surface area (Å²) in [5.74, 6) is 0.852. The van der Waals surface area contributed by atoms with Crippen molar-refractivity contribution < 1.29 is 4.74 Å². The van der Waals surface area contributed by atoms with E-state index in [2.05, 4.69) is 29.6 Å². The average Bonchev–Trinajstić information content (AvgIpc) is 3.32. The summed E-state index contributed by atoms with van der Waals surface area (Å²) in [7, 11) is 0. The van der Waals surface area contributed by atoms with Crippen molar-refractivity contribution in [3.63, 3.8) is 0 Å². The molecule has 1 N–H and O–H groups in total. The van der Waals surface area contributed by atoms with Gasteiger partial charge in [0.15, 0.2) is 0 Å². The molecule has 0 radical (unpaired) electrons. The monoisotopic (exact) mass is 301 g/mol. The summed E-state index contributed by atoms with van der Waals surface area (Å²) in [6, 6.07) is 16.8. The summed E-state index contributed by atoms with van der Waals surface area (Å²) in [6.45, 7) is 1.64. The molecule has 1 aliphatic carbocycles. The Morgan fingerprint density at radius 2 is 1.71 bits per heavy atom. The van der Waals surface area contributed by atoms with E-state index in [1.165, 1.54) is 24.0 Å². The van der Waals surface area contributed by atoms with Crippen LogP contribution in [-0.2, 0) is 13.0 Å². The molecule has 0 spiro atoms. The van der Waals surface area contributed by atoms with Crippen LogP contribution in [-0.4, -0.2) is 12.6 Å². The van der Waals surface area contributed by atoms with Crippen LogP contribution in [0.25, 0.3) is 0 Å². The van der Waals surface area contributed by atoms with E-state index in [9.17, 15) is 0 Å². The van der Waals surface area contributed by atoms with E-state index >= 15 is 0 Å². The van der Waals surface area contributed by atoms with Crippen LogP contribution in [0, 0.1) is 0 Å². The highest BCUT2D eigenvalue weighted by Gasteiger charge is 2.19. The molecule has 1 fully saturated rings. The molecule has 3 rings (SSSR count). The number of hydrogen-bond acceptors (Lipinski definition) is 2. The highest BCUT2D eigenvalue weighted by Crippen LogP contribution is 2.20. The molecule has 0 saturated heterocycles. The molecular weight excluding hydrogens is 282 g/mol. The Morgan fingerprint density at radius 3 is 2.43 bits per heavy atom. The Bertz CT molecular complexity index is 578. The van der Waals surface area contributed by atoms with E-state index in [1.54, 1.807) is 0 Å². The average molecular weight is 302 g/mol. The maximum absolute atomic E-state index is 5.88. The van der Waals surface area contributed by atoms with Crippen LogP contribution >= 0.6 is 11.6 Å². The Balaban J connectivity index is 1.57. The molecule has 2 aromatic rings. The topological polar surface area (TPSA) is 21.3 Å². The van der Waals surface area contributed by atoms with Crippen LogP contribution in [0.4, 0.5) is 0 Å². The fourth-order valence-electron chi connectivity index (χ4n) is 2.33. The minimum Gasteiger partial charge on any atom is -0.489 e. The summed E-state index contributed by atoms with van der Waals surface area (Å²) >= 11 is 5.88. The third kappa shape index (κ3) is 4.48. The van der Waals surface area contributed by atoms with Gasteiger partial charge in [0.1, 0.15) is 12.4 Å². The van der Waals surface area contributed by atoms with E-state index in [4.69, 9.17) is 16.3 Å². The van der Waals surface area contributed by atoms with Crippen molar-refractivity contribution in [1.82, 2.24) is 5.32 Å². The number of hydrogen-bond donors (Lipinski definition) is 1. The SMILES string of the molecule is Clc1ccc(OCc2ccccc2CCNC2CC2)cc1. The van der Waals surface area contributed by atoms with Crippen molar-refractivity contribution in [1.29, 1.82) is 0 Å². The molecule has 2 nitrogen and oxygen atoms in total. The number of halogens is 1. The van der Waals surface area contributed by atoms with E-state index in [0.29, 0.717) is 6.61 Å². The zero-order valence-electron chi connectivity index (χ0n) is 12.0. The second-order valence-corrected chi connectivity index (χ2v) is 5.93. The lowest BCUT2D eigenvalue weighted by atomic mass is 10.1. The first-order valence-electron chi connectivity index (χ1n) is 7.50. The van der Waals surface area contributed by atoms with Crippen molar-refractivity contribution in [3.8, 4) is 5.75 Å². The maximum Gasteiger partial charge on any atom is 0.119 e. The van der Waals surface area contributed by atoms with Gasteiger partial charge in [-0.15, -0.1) is 0 Å². The van der Waals surface area contributed by atoms with Gasteiger partial charge in [-0.2, -0.15) is 0 Å². The van der Waals surface area contributed by atoms with E-state index in [1.807, 2.05) is 24.3 Å². The van der Waals surface area contributed by atoms with Crippen molar-refractivity contribution >= 4 is 11.6 Å². The number of benzene rings is 2. The van der Waals surface area contributed by atoms with Crippen molar-refractivity contribution in [2.75, 3.05) is 6.54 Å². The van der Waals surface area contributed by atoms with Gasteiger partial charge in [-0.25, -0.2) is 0 Å². The molecule has 0 unspecified atom stereocenters. The predicted octanol–water partition coefficient (Wildman–Crippen LogP) is 4.21. The highest BCUT2D eigenvalue weighted by atomic mass is 35.5. The first-order valence-corrected chi connectivity index (χ1v) is 7.87. The molecule has 0 aliphatic heterocycles. The van der Waals surface area contributed by atoms with Gasteiger partial charge in [-0.3, -0.25) is 0 Å². The third-order valence-electron chi connectivity index (χ3n) is 3.73. The van der Waals surface area contributed by atoms with Crippen LogP contribution in [0.1, 0.15) is 24.0 Å². The molecule has 3 heteroatoms. The molecule has 0 amide bonds. The summed E-state index contributed by atoms with van der Waals surface area (Å²) in [5.41, 5.74) is 2.62. The van der Waals surface area contributed by atoms with Crippen LogP contribution in [0.3, 0.4) is 0 Å². The Hall–Kier alpha value is -1.51. The van der Waals surface area contributed by atoms with E-state index < -0.39 is 0 Å². The van der Waals surface area contributed by atoms with Crippen molar-refractivity contribution in [3.05, 3.63) is 64.7 Å². The smallest absolute Gasteiger partial charge is 0.119 e.